The monoisotopic (exact) mass is 1010 g/mol. The minimum absolute atomic E-state index is 0.200. The van der Waals surface area contributed by atoms with E-state index in [-0.39, 0.29) is 12.3 Å². The lowest BCUT2D eigenvalue weighted by atomic mass is 9.94. The van der Waals surface area contributed by atoms with Crippen LogP contribution in [0.25, 0.3) is 0 Å². The Morgan fingerprint density at radius 1 is 0.563 bits per heavy atom. The van der Waals surface area contributed by atoms with Gasteiger partial charge in [-0.15, -0.1) is 0 Å². The van der Waals surface area contributed by atoms with Gasteiger partial charge < -0.3 is 51.0 Å². The van der Waals surface area contributed by atoms with Crippen molar-refractivity contribution in [3.05, 3.63) is 12.2 Å². The maximum atomic E-state index is 14.2. The lowest BCUT2D eigenvalue weighted by molar-refractivity contribution is -0.231. The molecule has 1 heterocycles. The van der Waals surface area contributed by atoms with Crippen molar-refractivity contribution in [2.75, 3.05) is 13.2 Å². The minimum Gasteiger partial charge on any atom is -0.444 e. The molecule has 0 aromatic heterocycles. The van der Waals surface area contributed by atoms with Gasteiger partial charge in [0.15, 0.2) is 6.23 Å². The van der Waals surface area contributed by atoms with Crippen LogP contribution in [0.5, 0.6) is 0 Å². The summed E-state index contributed by atoms with van der Waals surface area (Å²) in [4.78, 5) is 67.6. The Bertz CT molecular complexity index is 1460. The van der Waals surface area contributed by atoms with Crippen LogP contribution < -0.4 is 21.3 Å². The van der Waals surface area contributed by atoms with Gasteiger partial charge in [-0.1, -0.05) is 174 Å². The van der Waals surface area contributed by atoms with Gasteiger partial charge in [-0.3, -0.25) is 19.2 Å². The van der Waals surface area contributed by atoms with Gasteiger partial charge in [-0.2, -0.15) is 0 Å². The summed E-state index contributed by atoms with van der Waals surface area (Å²) >= 11 is 0. The minimum atomic E-state index is -1.61. The van der Waals surface area contributed by atoms with E-state index in [1.54, 1.807) is 25.7 Å². The molecule has 0 aromatic rings. The first kappa shape index (κ1) is 65.7. The molecule has 0 unspecified atom stereocenters. The van der Waals surface area contributed by atoms with Crippen LogP contribution in [0.15, 0.2) is 12.2 Å². The van der Waals surface area contributed by atoms with Gasteiger partial charge in [0.2, 0.25) is 23.6 Å². The zero-order valence-corrected chi connectivity index (χ0v) is 46.0. The average Bonchev–Trinajstić information content (AvgIpc) is 3.32. The Morgan fingerprint density at radius 3 is 1.39 bits per heavy atom. The summed E-state index contributed by atoms with van der Waals surface area (Å²) in [5.74, 6) is -2.27. The molecule has 1 fully saturated rings. The van der Waals surface area contributed by atoms with Crippen molar-refractivity contribution >= 4 is 29.7 Å². The van der Waals surface area contributed by atoms with Crippen LogP contribution in [-0.2, 0) is 28.7 Å². The number of nitrogens with one attached hydrogen (secondary N) is 4. The number of allylic oxidation sites excluding steroid dienone is 2. The lowest BCUT2D eigenvalue weighted by Crippen LogP contribution is -2.70. The molecular formula is C56H105N5O10. The standard InChI is InChI=1S/C56H105N5O10/c1-9-11-13-15-17-19-21-23-25-27-29-31-33-35-37-39-41-61(47(63)40-38-36-34-32-30-28-26-24-22-20-18-16-14-12-10-2)54-48(50(65)49(64)46(42-62)70-54)60-53(68)44(4)58-51(66)43(3)57-52(67)45(5)59-55(69)71-56(6,7)8/h24,26,43-46,48-50,54,62,64-65H,9-23,25,27-42H2,1-8H3,(H,57,67)(H,58,66)(H,59,69)(H,60,68)/t43-,44-,45-,46+,48+,49+,50+,54+/m0/s1. The second kappa shape index (κ2) is 40.2. The number of hydrogen-bond acceptors (Lipinski definition) is 10. The van der Waals surface area contributed by atoms with Crippen molar-refractivity contribution in [1.82, 2.24) is 26.2 Å². The highest BCUT2D eigenvalue weighted by Crippen LogP contribution is 2.26. The van der Waals surface area contributed by atoms with Crippen molar-refractivity contribution < 1.29 is 48.8 Å². The number of hydrogen-bond donors (Lipinski definition) is 7. The van der Waals surface area contributed by atoms with Crippen LogP contribution in [0.2, 0.25) is 0 Å². The number of alkyl carbamates (subject to hydrolysis) is 1. The summed E-state index contributed by atoms with van der Waals surface area (Å²) in [6, 6.07) is -4.61. The zero-order chi connectivity index (χ0) is 52.9. The number of rotatable bonds is 41. The molecule has 0 radical (unpaired) electrons. The van der Waals surface area contributed by atoms with Crippen molar-refractivity contribution in [3.8, 4) is 0 Å². The zero-order valence-electron chi connectivity index (χ0n) is 46.0. The average molecular weight is 1010 g/mol. The van der Waals surface area contributed by atoms with Gasteiger partial charge in [-0.25, -0.2) is 4.79 Å². The molecule has 414 valence electrons. The summed E-state index contributed by atoms with van der Waals surface area (Å²) < 4.78 is 11.4. The Balaban J connectivity index is 2.92. The van der Waals surface area contributed by atoms with Crippen LogP contribution >= 0.6 is 0 Å². The van der Waals surface area contributed by atoms with Crippen molar-refractivity contribution in [3.63, 3.8) is 0 Å². The van der Waals surface area contributed by atoms with Gasteiger partial charge in [-0.05, 0) is 80.1 Å². The topological polar surface area (TPSA) is 216 Å². The molecule has 0 saturated carbocycles. The number of carbonyl (C=O) groups excluding carboxylic acids is 5. The molecule has 0 aromatic carbocycles. The fourth-order valence-electron chi connectivity index (χ4n) is 8.88. The quantitative estimate of drug-likeness (QED) is 0.0227. The second-order valence-corrected chi connectivity index (χ2v) is 21.3. The van der Waals surface area contributed by atoms with E-state index in [9.17, 15) is 39.3 Å². The number of carbonyl (C=O) groups is 5. The summed E-state index contributed by atoms with van der Waals surface area (Å²) in [5, 5.41) is 42.9. The van der Waals surface area contributed by atoms with Crippen LogP contribution in [0.1, 0.15) is 248 Å². The van der Waals surface area contributed by atoms with Crippen LogP contribution in [0.4, 0.5) is 4.79 Å². The fraction of sp³-hybridized carbons (Fsp3) is 0.875. The first-order valence-electron chi connectivity index (χ1n) is 28.4. The normalized spacial score (nSPS) is 19.5. The van der Waals surface area contributed by atoms with Gasteiger partial charge in [0, 0.05) is 13.0 Å². The summed E-state index contributed by atoms with van der Waals surface area (Å²) in [6.45, 7) is 13.5. The number of ether oxygens (including phenoxy) is 2. The Morgan fingerprint density at radius 2 is 0.958 bits per heavy atom. The third-order valence-corrected chi connectivity index (χ3v) is 13.4. The lowest BCUT2D eigenvalue weighted by Gasteiger charge is -2.47. The Hall–Kier alpha value is -3.27. The van der Waals surface area contributed by atoms with Crippen LogP contribution in [0, 0.1) is 0 Å². The molecule has 7 N–H and O–H groups in total. The van der Waals surface area contributed by atoms with Gasteiger partial charge in [0.1, 0.15) is 48.1 Å². The highest BCUT2D eigenvalue weighted by atomic mass is 16.6. The number of amides is 5. The van der Waals surface area contributed by atoms with Crippen LogP contribution in [-0.4, -0.2) is 117 Å². The first-order valence-corrected chi connectivity index (χ1v) is 28.4. The maximum Gasteiger partial charge on any atom is 0.408 e. The molecule has 15 heteroatoms. The van der Waals surface area contributed by atoms with E-state index in [1.807, 2.05) is 0 Å². The summed E-state index contributed by atoms with van der Waals surface area (Å²) in [5.41, 5.74) is -0.772. The second-order valence-electron chi connectivity index (χ2n) is 21.3. The molecule has 0 aliphatic carbocycles. The third-order valence-electron chi connectivity index (χ3n) is 13.4. The predicted octanol–water partition coefficient (Wildman–Crippen LogP) is 9.96. The van der Waals surface area contributed by atoms with E-state index in [1.165, 1.54) is 136 Å². The van der Waals surface area contributed by atoms with E-state index in [2.05, 4.69) is 47.3 Å². The predicted molar refractivity (Wildman–Crippen MR) is 284 cm³/mol. The molecule has 0 spiro atoms. The molecule has 1 saturated heterocycles. The largest absolute Gasteiger partial charge is 0.444 e. The highest BCUT2D eigenvalue weighted by molar-refractivity contribution is 5.93. The van der Waals surface area contributed by atoms with E-state index < -0.39 is 84.7 Å². The molecule has 1 rings (SSSR count). The third kappa shape index (κ3) is 31.2. The van der Waals surface area contributed by atoms with E-state index in [4.69, 9.17) is 9.47 Å². The van der Waals surface area contributed by atoms with Gasteiger partial charge in [0.05, 0.1) is 6.61 Å². The van der Waals surface area contributed by atoms with E-state index in [0.717, 1.165) is 57.8 Å². The highest BCUT2D eigenvalue weighted by Gasteiger charge is 2.48. The molecule has 15 nitrogen and oxygen atoms in total. The maximum absolute atomic E-state index is 14.2. The Labute approximate surface area is 430 Å². The number of unbranched alkanes of at least 4 members (excludes halogenated alkanes) is 26. The van der Waals surface area contributed by atoms with Gasteiger partial charge in [0.25, 0.3) is 0 Å². The molecule has 5 amide bonds. The number of aliphatic hydroxyl groups excluding tert-OH is 3. The summed E-state index contributed by atoms with van der Waals surface area (Å²) in [6.07, 6.45) is 32.5. The summed E-state index contributed by atoms with van der Waals surface area (Å²) in [7, 11) is 0. The molecule has 1 aliphatic rings. The smallest absolute Gasteiger partial charge is 0.408 e. The Kier molecular flexibility index (Phi) is 37.2. The first-order chi connectivity index (χ1) is 34.0. The molecular weight excluding hydrogens is 903 g/mol. The molecule has 8 atom stereocenters. The molecule has 0 bridgehead atoms. The molecule has 1 aliphatic heterocycles. The van der Waals surface area contributed by atoms with Crippen molar-refractivity contribution in [1.29, 1.82) is 0 Å². The van der Waals surface area contributed by atoms with E-state index in [0.29, 0.717) is 19.4 Å². The van der Waals surface area contributed by atoms with Crippen molar-refractivity contribution in [2.24, 2.45) is 0 Å². The van der Waals surface area contributed by atoms with E-state index >= 15 is 0 Å². The van der Waals surface area contributed by atoms with Crippen LogP contribution in [0.3, 0.4) is 0 Å². The number of nitrogens with zero attached hydrogens (tertiary/aromatic N) is 1. The SMILES string of the molecule is CCCCCCCCC=CCCCCCCCC(=O)N(CCCCCCCCCCCCCCCCCC)[C@@H]1O[C@H](CO)[C@@H](O)[C@H](O)[C@H]1NC(=O)[C@H](C)NC(=O)[C@H](C)NC(=O)[C@H](C)NC(=O)OC(C)(C)C. The van der Waals surface area contributed by atoms with Crippen molar-refractivity contribution in [2.45, 2.75) is 302 Å². The fourth-order valence-corrected chi connectivity index (χ4v) is 8.88. The van der Waals surface area contributed by atoms with Gasteiger partial charge >= 0.3 is 6.09 Å². The number of aliphatic hydroxyl groups is 3. The molecule has 71 heavy (non-hydrogen) atoms.